The van der Waals surface area contributed by atoms with E-state index in [1.807, 2.05) is 53.6 Å². The van der Waals surface area contributed by atoms with E-state index in [9.17, 15) is 19.2 Å². The summed E-state index contributed by atoms with van der Waals surface area (Å²) in [7, 11) is 5.34. The minimum atomic E-state index is -1.40. The van der Waals surface area contributed by atoms with Gasteiger partial charge in [-0.1, -0.05) is 20.8 Å². The van der Waals surface area contributed by atoms with Crippen LogP contribution in [0.2, 0.25) is 0 Å². The summed E-state index contributed by atoms with van der Waals surface area (Å²) in [5, 5.41) is 0. The van der Waals surface area contributed by atoms with E-state index in [1.54, 1.807) is 34.6 Å². The molecule has 19 nitrogen and oxygen atoms in total. The zero-order valence-corrected chi connectivity index (χ0v) is 39.1. The molecule has 4 fully saturated rings. The van der Waals surface area contributed by atoms with Gasteiger partial charge in [0.15, 0.2) is 42.4 Å². The third-order valence-corrected chi connectivity index (χ3v) is 13.6. The molecule has 6 rings (SSSR count). The number of likely N-dealkylation sites (N-methyl/N-ethyl adjacent to an activating group) is 1. The monoisotopic (exact) mass is 892 g/mol. The van der Waals surface area contributed by atoms with Crippen LogP contribution in [-0.2, 0) is 61.7 Å². The van der Waals surface area contributed by atoms with E-state index in [2.05, 4.69) is 4.98 Å². The van der Waals surface area contributed by atoms with Crippen molar-refractivity contribution in [3.05, 3.63) is 18.7 Å². The molecule has 1 aromatic rings. The van der Waals surface area contributed by atoms with E-state index < -0.39 is 114 Å². The third-order valence-electron chi connectivity index (χ3n) is 13.6. The molecule has 63 heavy (non-hydrogen) atoms. The van der Waals surface area contributed by atoms with Crippen LogP contribution in [-0.4, -0.2) is 156 Å². The van der Waals surface area contributed by atoms with Crippen molar-refractivity contribution in [3.8, 4) is 0 Å². The van der Waals surface area contributed by atoms with Crippen LogP contribution in [0.25, 0.3) is 0 Å². The van der Waals surface area contributed by atoms with Crippen molar-refractivity contribution >= 4 is 30.1 Å². The van der Waals surface area contributed by atoms with Crippen LogP contribution in [0.5, 0.6) is 0 Å². The molecule has 0 aromatic carbocycles. The van der Waals surface area contributed by atoms with Gasteiger partial charge in [0, 0.05) is 51.1 Å². The Labute approximate surface area is 370 Å². The predicted octanol–water partition coefficient (Wildman–Crippen LogP) is 5.05. The molecule has 5 aliphatic heterocycles. The maximum Gasteiger partial charge on any atom is 0.509 e. The molecule has 19 heteroatoms. The van der Waals surface area contributed by atoms with Gasteiger partial charge < -0.3 is 57.0 Å². The zero-order chi connectivity index (χ0) is 46.3. The Balaban J connectivity index is 1.43. The lowest BCUT2D eigenvalue weighted by Crippen LogP contribution is -2.61. The Hall–Kier alpha value is -3.88. The molecule has 0 unspecified atom stereocenters. The molecule has 354 valence electrons. The van der Waals surface area contributed by atoms with Crippen molar-refractivity contribution in [3.63, 3.8) is 0 Å². The highest BCUT2D eigenvalue weighted by atomic mass is 16.8. The summed E-state index contributed by atoms with van der Waals surface area (Å²) in [4.78, 5) is 64.3. The lowest BCUT2D eigenvalue weighted by Gasteiger charge is -2.49. The Bertz CT molecular complexity index is 1830. The fourth-order valence-corrected chi connectivity index (χ4v) is 10.3. The number of aliphatic imine (C=N–C) groups is 1. The fraction of sp³-hybridized carbons (Fsp3) is 0.818. The molecule has 5 aliphatic rings. The van der Waals surface area contributed by atoms with Crippen molar-refractivity contribution in [1.82, 2.24) is 14.5 Å². The Morgan fingerprint density at radius 1 is 0.937 bits per heavy atom. The number of hydrogen-bond donors (Lipinski definition) is 0. The van der Waals surface area contributed by atoms with Crippen LogP contribution in [0.4, 0.5) is 9.59 Å². The molecule has 0 saturated carbocycles. The molecule has 0 amide bonds. The molecule has 2 bridgehead atoms. The number of nitrogens with zero attached hydrogens (tertiary/aromatic N) is 4. The van der Waals surface area contributed by atoms with E-state index in [4.69, 9.17) is 57.1 Å². The highest BCUT2D eigenvalue weighted by Crippen LogP contribution is 2.46. The average Bonchev–Trinajstić information content (AvgIpc) is 3.93. The number of rotatable bonds is 9. The first-order chi connectivity index (χ1) is 29.5. The van der Waals surface area contributed by atoms with Crippen molar-refractivity contribution in [1.29, 1.82) is 0 Å². The molecular formula is C44H68N4O15. The van der Waals surface area contributed by atoms with E-state index in [1.165, 1.54) is 37.3 Å². The molecule has 0 spiro atoms. The summed E-state index contributed by atoms with van der Waals surface area (Å²) in [6.45, 7) is 19.7. The summed E-state index contributed by atoms with van der Waals surface area (Å²) < 4.78 is 71.1. The molecule has 1 aromatic heterocycles. The fourth-order valence-electron chi connectivity index (χ4n) is 10.3. The second kappa shape index (κ2) is 18.9. The molecular weight excluding hydrogens is 824 g/mol. The first kappa shape index (κ1) is 48.6. The summed E-state index contributed by atoms with van der Waals surface area (Å²) >= 11 is 0. The second-order valence-corrected chi connectivity index (χ2v) is 18.9. The van der Waals surface area contributed by atoms with Crippen molar-refractivity contribution < 1.29 is 71.3 Å². The highest BCUT2D eigenvalue weighted by Gasteiger charge is 2.60. The second-order valence-electron chi connectivity index (χ2n) is 18.9. The predicted molar refractivity (Wildman–Crippen MR) is 222 cm³/mol. The van der Waals surface area contributed by atoms with E-state index in [-0.39, 0.29) is 30.9 Å². The van der Waals surface area contributed by atoms with Crippen molar-refractivity contribution in [2.45, 2.75) is 192 Å². The van der Waals surface area contributed by atoms with Crippen LogP contribution in [0.15, 0.2) is 23.7 Å². The summed E-state index contributed by atoms with van der Waals surface area (Å²) in [5.41, 5.74) is -3.66. The smallest absolute Gasteiger partial charge is 0.472 e. The Morgan fingerprint density at radius 2 is 1.65 bits per heavy atom. The molecule has 0 aliphatic carbocycles. The van der Waals surface area contributed by atoms with Crippen LogP contribution >= 0.6 is 0 Å². The van der Waals surface area contributed by atoms with Gasteiger partial charge in [0.2, 0.25) is 0 Å². The van der Waals surface area contributed by atoms with Gasteiger partial charge in [-0.25, -0.2) is 24.1 Å². The van der Waals surface area contributed by atoms with Crippen molar-refractivity contribution in [2.24, 2.45) is 22.7 Å². The minimum absolute atomic E-state index is 0.0820. The molecule has 4 saturated heterocycles. The Morgan fingerprint density at radius 3 is 2.27 bits per heavy atom. The number of esters is 2. The van der Waals surface area contributed by atoms with Gasteiger partial charge in [0.25, 0.3) is 0 Å². The number of ether oxygens (including phenoxy) is 11. The van der Waals surface area contributed by atoms with Gasteiger partial charge in [0.05, 0.1) is 36.3 Å². The summed E-state index contributed by atoms with van der Waals surface area (Å²) in [6, 6.07) is -0.926. The first-order valence-corrected chi connectivity index (χ1v) is 22.1. The van der Waals surface area contributed by atoms with Gasteiger partial charge in [-0.2, -0.15) is 0 Å². The van der Waals surface area contributed by atoms with Gasteiger partial charge in [-0.15, -0.1) is 0 Å². The number of imidazole rings is 1. The minimum Gasteiger partial charge on any atom is -0.472 e. The van der Waals surface area contributed by atoms with Crippen LogP contribution < -0.4 is 0 Å². The number of fused-ring (bicyclic) bond motifs is 3. The lowest BCUT2D eigenvalue weighted by atomic mass is 9.79. The largest absolute Gasteiger partial charge is 0.509 e. The highest BCUT2D eigenvalue weighted by molar-refractivity contribution is 5.81. The SMILES string of the molecule is CC[C@H]1OC(=O)[C@H](C)[C@@H](O[C@H]2C[C@@](C)(OC)[C@@H](OC(=O)n3ccnc3)[C@H](C)O2)[C@H](C)[C@@H](O[C@@H]2O[C@H](C)C[C@H](N(C)C)[C@H]2OC(C)=O)[C@@]2(C)C[C@@H](C)C(=N[C@H](C)[C@H]3OC(=O)O[C@]31C)O2. The number of cyclic esters (lactones) is 1. The standard InChI is InChI=1S/C44H68N4O15/c1-15-30-44(11)35(61-41(52)63-44)26(6)46-37-22(2)19-43(10,62-37)34(59-39-33(56-28(8)49)29(47(12)13)18-23(3)54-39)24(4)32(25(5)38(50)57-30)58-31-20-42(9,53-14)36(27(7)55-31)60-40(51)48-17-16-45-21-48/h16-17,21-27,29-36,39H,15,18-20H2,1-14H3/t22-,23-,24+,25-,26-,27+,29+,30-,31+,32+,33-,34-,35-,36+,39+,42-,43-,44+/m1/s1. The van der Waals surface area contributed by atoms with E-state index >= 15 is 0 Å². The molecule has 0 radical (unpaired) electrons. The summed E-state index contributed by atoms with van der Waals surface area (Å²) in [5.74, 6) is -2.67. The maximum atomic E-state index is 14.7. The van der Waals surface area contributed by atoms with Crippen LogP contribution in [0, 0.1) is 17.8 Å². The molecule has 18 atom stereocenters. The van der Waals surface area contributed by atoms with Crippen LogP contribution in [0.3, 0.4) is 0 Å². The Kier molecular flexibility index (Phi) is 14.6. The number of carbonyl (C=O) groups is 4. The normalized spacial score (nSPS) is 43.3. The molecule has 0 N–H and O–H groups in total. The third kappa shape index (κ3) is 9.88. The van der Waals surface area contributed by atoms with Gasteiger partial charge >= 0.3 is 24.2 Å². The van der Waals surface area contributed by atoms with Gasteiger partial charge in [0.1, 0.15) is 29.7 Å². The van der Waals surface area contributed by atoms with Crippen molar-refractivity contribution in [2.75, 3.05) is 21.2 Å². The average molecular weight is 893 g/mol. The zero-order valence-electron chi connectivity index (χ0n) is 39.1. The van der Waals surface area contributed by atoms with E-state index in [0.29, 0.717) is 18.7 Å². The number of carbonyl (C=O) groups excluding carboxylic acids is 4. The van der Waals surface area contributed by atoms with Gasteiger partial charge in [-0.05, 0) is 75.4 Å². The molecule has 6 heterocycles. The number of aromatic nitrogens is 2. The quantitative estimate of drug-likeness (QED) is 0.235. The first-order valence-electron chi connectivity index (χ1n) is 22.1. The number of hydrogen-bond acceptors (Lipinski definition) is 18. The van der Waals surface area contributed by atoms with Crippen LogP contribution in [0.1, 0.15) is 102 Å². The van der Waals surface area contributed by atoms with E-state index in [0.717, 1.165) is 0 Å². The lowest BCUT2D eigenvalue weighted by molar-refractivity contribution is -0.316. The van der Waals surface area contributed by atoms with Gasteiger partial charge in [-0.3, -0.25) is 9.59 Å². The summed E-state index contributed by atoms with van der Waals surface area (Å²) in [6.07, 6.45) is -4.54. The number of methoxy groups -OCH3 is 1. The maximum absolute atomic E-state index is 14.7. The topological polar surface area (TPSA) is 203 Å².